The SMILES string of the molecule is Nc1ccc(C(=O)NC(CCCNC(=O)c2c(O)c(=O)ccn2CCO)(CCCNC(=O)c2c(O)c(=O)ccn2CCO)CCCNC(=O)c2c(O)c(=O)ccn2CCO)cc1. The average Bonchev–Trinajstić information content (AvgIpc) is 3.24. The number of aliphatic hydroxyl groups is 3. The summed E-state index contributed by atoms with van der Waals surface area (Å²) in [4.78, 5) is 90.1. The van der Waals surface area contributed by atoms with Gasteiger partial charge in [-0.25, -0.2) is 0 Å². The van der Waals surface area contributed by atoms with Crippen molar-refractivity contribution < 1.29 is 49.8 Å². The summed E-state index contributed by atoms with van der Waals surface area (Å²) in [5.41, 5.74) is 1.91. The van der Waals surface area contributed by atoms with Gasteiger partial charge in [0.05, 0.1) is 19.8 Å². The third kappa shape index (κ3) is 12.3. The third-order valence-electron chi connectivity index (χ3n) is 10.0. The molecule has 0 radical (unpaired) electrons. The van der Waals surface area contributed by atoms with Crippen molar-refractivity contribution in [3.8, 4) is 17.2 Å². The van der Waals surface area contributed by atoms with Crippen LogP contribution in [0.5, 0.6) is 17.2 Å². The van der Waals surface area contributed by atoms with Gasteiger partial charge in [-0.3, -0.25) is 33.6 Å². The number of anilines is 1. The first kappa shape index (κ1) is 47.7. The number of hydrogen-bond acceptors (Lipinski definition) is 14. The van der Waals surface area contributed by atoms with Crippen molar-refractivity contribution in [2.45, 2.75) is 63.7 Å². The van der Waals surface area contributed by atoms with Gasteiger partial charge in [-0.2, -0.15) is 0 Å². The zero-order chi connectivity index (χ0) is 45.4. The molecule has 0 saturated carbocycles. The maximum atomic E-state index is 13.9. The maximum Gasteiger partial charge on any atom is 0.271 e. The molecule has 0 bridgehead atoms. The van der Waals surface area contributed by atoms with Crippen LogP contribution in [0.15, 0.2) is 75.4 Å². The molecule has 3 aromatic heterocycles. The zero-order valence-corrected chi connectivity index (χ0v) is 33.8. The van der Waals surface area contributed by atoms with E-state index in [1.165, 1.54) is 56.6 Å². The van der Waals surface area contributed by atoms with Crippen LogP contribution < -0.4 is 43.3 Å². The summed E-state index contributed by atoms with van der Waals surface area (Å²) in [5.74, 6) is -5.32. The zero-order valence-electron chi connectivity index (χ0n) is 33.8. The predicted octanol–water partition coefficient (Wildman–Crippen LogP) is -1.05. The van der Waals surface area contributed by atoms with E-state index < -0.39 is 62.7 Å². The Labute approximate surface area is 354 Å². The number of aromatic nitrogens is 3. The number of nitrogens with zero attached hydrogens (tertiary/aromatic N) is 3. The molecule has 0 spiro atoms. The highest BCUT2D eigenvalue weighted by atomic mass is 16.3. The molecule has 1 aromatic carbocycles. The van der Waals surface area contributed by atoms with Crippen LogP contribution in [0.25, 0.3) is 0 Å². The van der Waals surface area contributed by atoms with Crippen molar-refractivity contribution in [3.05, 3.63) is 114 Å². The van der Waals surface area contributed by atoms with Gasteiger partial charge in [0.15, 0.2) is 34.3 Å². The molecular formula is C41H52N8O13. The van der Waals surface area contributed by atoms with Crippen LogP contribution in [0.3, 0.4) is 0 Å². The Morgan fingerprint density at radius 3 is 1.15 bits per heavy atom. The molecule has 0 aliphatic heterocycles. The molecule has 0 saturated heterocycles. The number of carbonyl (C=O) groups excluding carboxylic acids is 4. The van der Waals surface area contributed by atoms with Crippen LogP contribution in [-0.4, -0.2) is 113 Å². The monoisotopic (exact) mass is 864 g/mol. The molecule has 0 aliphatic rings. The quantitative estimate of drug-likeness (QED) is 0.0313. The topological polar surface area (TPSA) is 330 Å². The Hall–Kier alpha value is -6.97. The lowest BCUT2D eigenvalue weighted by molar-refractivity contribution is 0.0856. The molecule has 0 unspecified atom stereocenters. The highest BCUT2D eigenvalue weighted by Crippen LogP contribution is 2.27. The second-order valence-electron chi connectivity index (χ2n) is 14.3. The number of hydrogen-bond donors (Lipinski definition) is 11. The fourth-order valence-corrected chi connectivity index (χ4v) is 6.93. The highest BCUT2D eigenvalue weighted by molar-refractivity contribution is 5.96. The van der Waals surface area contributed by atoms with E-state index in [0.29, 0.717) is 5.69 Å². The fourth-order valence-electron chi connectivity index (χ4n) is 6.93. The third-order valence-corrected chi connectivity index (χ3v) is 10.0. The summed E-state index contributed by atoms with van der Waals surface area (Å²) in [6.45, 7) is -1.50. The lowest BCUT2D eigenvalue weighted by Crippen LogP contribution is -2.50. The highest BCUT2D eigenvalue weighted by Gasteiger charge is 2.32. The van der Waals surface area contributed by atoms with Crippen LogP contribution in [0.4, 0.5) is 5.69 Å². The molecule has 0 atom stereocenters. The smallest absolute Gasteiger partial charge is 0.271 e. The van der Waals surface area contributed by atoms with Crippen LogP contribution in [0.1, 0.15) is 80.3 Å². The van der Waals surface area contributed by atoms with Crippen LogP contribution >= 0.6 is 0 Å². The van der Waals surface area contributed by atoms with Crippen molar-refractivity contribution in [1.82, 2.24) is 35.0 Å². The van der Waals surface area contributed by atoms with Gasteiger partial charge in [0.1, 0.15) is 0 Å². The molecule has 21 nitrogen and oxygen atoms in total. The fraction of sp³-hybridized carbons (Fsp3) is 0.390. The Morgan fingerprint density at radius 1 is 0.516 bits per heavy atom. The van der Waals surface area contributed by atoms with Crippen molar-refractivity contribution in [1.29, 1.82) is 0 Å². The van der Waals surface area contributed by atoms with Gasteiger partial charge < -0.3 is 71.3 Å². The lowest BCUT2D eigenvalue weighted by atomic mass is 9.83. The van der Waals surface area contributed by atoms with Gasteiger partial charge in [-0.1, -0.05) is 0 Å². The Morgan fingerprint density at radius 2 is 0.839 bits per heavy atom. The van der Waals surface area contributed by atoms with E-state index in [9.17, 15) is 64.2 Å². The first-order chi connectivity index (χ1) is 29.7. The van der Waals surface area contributed by atoms with Crippen molar-refractivity contribution in [3.63, 3.8) is 0 Å². The number of pyridine rings is 3. The molecular weight excluding hydrogens is 812 g/mol. The van der Waals surface area contributed by atoms with Crippen molar-refractivity contribution >= 4 is 29.3 Å². The molecule has 4 rings (SSSR count). The summed E-state index contributed by atoms with van der Waals surface area (Å²) in [7, 11) is 0. The largest absolute Gasteiger partial charge is 0.503 e. The van der Waals surface area contributed by atoms with E-state index in [2.05, 4.69) is 21.3 Å². The van der Waals surface area contributed by atoms with Gasteiger partial charge in [0, 0.05) is 92.8 Å². The molecule has 334 valence electrons. The van der Waals surface area contributed by atoms with E-state index in [1.807, 2.05) is 0 Å². The van der Waals surface area contributed by atoms with E-state index in [-0.39, 0.29) is 120 Å². The van der Waals surface area contributed by atoms with E-state index >= 15 is 0 Å². The number of nitrogens with two attached hydrogens (primary N) is 1. The summed E-state index contributed by atoms with van der Waals surface area (Å²) < 4.78 is 3.67. The number of benzene rings is 1. The number of rotatable bonds is 23. The Bertz CT molecular complexity index is 2180. The predicted molar refractivity (Wildman–Crippen MR) is 224 cm³/mol. The van der Waals surface area contributed by atoms with E-state index in [1.54, 1.807) is 0 Å². The number of aromatic hydroxyl groups is 3. The maximum absolute atomic E-state index is 13.9. The van der Waals surface area contributed by atoms with Crippen molar-refractivity contribution in [2.75, 3.05) is 45.2 Å². The minimum Gasteiger partial charge on any atom is -0.503 e. The first-order valence-electron chi connectivity index (χ1n) is 19.8. The summed E-state index contributed by atoms with van der Waals surface area (Å²) in [6.07, 6.45) is 4.89. The van der Waals surface area contributed by atoms with E-state index in [4.69, 9.17) is 5.73 Å². The van der Waals surface area contributed by atoms with Gasteiger partial charge in [0.25, 0.3) is 23.6 Å². The molecule has 62 heavy (non-hydrogen) atoms. The standard InChI is InChI=1S/C41H52N8O13/c42-27-6-4-26(5-7-27)37(59)46-41(11-1-14-43-38(60)31-34(56)28(53)8-17-47(31)20-23-50,12-2-15-44-39(61)32-35(57)29(54)9-18-48(32)21-24-51)13-3-16-45-40(62)33-36(58)30(55)10-19-49(33)22-25-52/h4-10,17-19,50-52,56-58H,1-3,11-16,20-25,42H2,(H,43,60)(H,44,61)(H,45,62)(H,46,59). The number of amides is 4. The average molecular weight is 865 g/mol. The minimum absolute atomic E-state index is 0.0290. The van der Waals surface area contributed by atoms with Crippen LogP contribution in [0, 0.1) is 0 Å². The second kappa shape index (κ2) is 22.6. The molecule has 4 amide bonds. The molecule has 0 aliphatic carbocycles. The van der Waals surface area contributed by atoms with E-state index in [0.717, 1.165) is 18.2 Å². The summed E-state index contributed by atoms with van der Waals surface area (Å²) >= 11 is 0. The molecule has 4 aromatic rings. The Kier molecular flexibility index (Phi) is 17.4. The van der Waals surface area contributed by atoms with Gasteiger partial charge in [-0.05, 0) is 62.8 Å². The van der Waals surface area contributed by atoms with Gasteiger partial charge in [-0.15, -0.1) is 0 Å². The second-order valence-corrected chi connectivity index (χ2v) is 14.3. The molecule has 3 heterocycles. The van der Waals surface area contributed by atoms with Gasteiger partial charge >= 0.3 is 0 Å². The lowest BCUT2D eigenvalue weighted by Gasteiger charge is -2.36. The summed E-state index contributed by atoms with van der Waals surface area (Å²) in [5, 5.41) is 70.7. The van der Waals surface area contributed by atoms with Crippen LogP contribution in [-0.2, 0) is 19.6 Å². The van der Waals surface area contributed by atoms with Crippen LogP contribution in [0.2, 0.25) is 0 Å². The first-order valence-corrected chi connectivity index (χ1v) is 19.8. The molecule has 21 heteroatoms. The normalized spacial score (nSPS) is 11.2. The Balaban J connectivity index is 1.60. The number of nitrogen functional groups attached to an aromatic ring is 1. The molecule has 12 N–H and O–H groups in total. The minimum atomic E-state index is -1.13. The number of carbonyl (C=O) groups is 4. The number of nitrogens with one attached hydrogen (secondary N) is 4. The summed E-state index contributed by atoms with van der Waals surface area (Å²) in [6, 6.07) is 9.28. The number of aliphatic hydroxyl groups excluding tert-OH is 3. The molecule has 0 fully saturated rings. The van der Waals surface area contributed by atoms with Gasteiger partial charge in [0.2, 0.25) is 16.3 Å². The van der Waals surface area contributed by atoms with Crippen molar-refractivity contribution in [2.24, 2.45) is 0 Å².